The summed E-state index contributed by atoms with van der Waals surface area (Å²) in [6.07, 6.45) is 3.03. The Morgan fingerprint density at radius 2 is 1.84 bits per heavy atom. The highest BCUT2D eigenvalue weighted by Gasteiger charge is 2.23. The van der Waals surface area contributed by atoms with Crippen molar-refractivity contribution in [1.29, 1.82) is 0 Å². The molecule has 2 aromatic rings. The van der Waals surface area contributed by atoms with Gasteiger partial charge in [0.25, 0.3) is 5.91 Å². The van der Waals surface area contributed by atoms with Gasteiger partial charge in [-0.25, -0.2) is 0 Å². The van der Waals surface area contributed by atoms with Gasteiger partial charge in [-0.1, -0.05) is 35.9 Å². The number of nitrogens with zero attached hydrogens (tertiary/aromatic N) is 1. The zero-order valence-corrected chi connectivity index (χ0v) is 20.9. The van der Waals surface area contributed by atoms with Gasteiger partial charge in [-0.15, -0.1) is 24.0 Å². The van der Waals surface area contributed by atoms with E-state index in [1.807, 2.05) is 24.3 Å². The average Bonchev–Trinajstić information content (AvgIpc) is 3.55. The number of hydrogen-bond acceptors (Lipinski definition) is 3. The number of halogens is 1. The third kappa shape index (κ3) is 8.77. The van der Waals surface area contributed by atoms with Crippen LogP contribution in [0.1, 0.15) is 35.1 Å². The molecule has 7 heteroatoms. The van der Waals surface area contributed by atoms with Crippen molar-refractivity contribution in [2.24, 2.45) is 4.99 Å². The van der Waals surface area contributed by atoms with Gasteiger partial charge in [0.2, 0.25) is 0 Å². The van der Waals surface area contributed by atoms with E-state index in [0.717, 1.165) is 38.3 Å². The molecule has 3 rings (SSSR count). The lowest BCUT2D eigenvalue weighted by atomic mass is 10.1. The minimum Gasteiger partial charge on any atom is -0.484 e. The molecule has 0 atom stereocenters. The van der Waals surface area contributed by atoms with Crippen LogP contribution < -0.4 is 20.7 Å². The fraction of sp³-hybridized carbons (Fsp3) is 0.417. The van der Waals surface area contributed by atoms with E-state index in [1.165, 1.54) is 22.3 Å². The molecule has 0 saturated heterocycles. The number of carbonyl (C=O) groups excluding carboxylic acids is 1. The Balaban J connectivity index is 0.00000341. The quantitative estimate of drug-likeness (QED) is 0.261. The number of aliphatic imine (C=N–C) groups is 1. The normalized spacial score (nSPS) is 13.2. The van der Waals surface area contributed by atoms with E-state index in [0.29, 0.717) is 11.8 Å². The fourth-order valence-electron chi connectivity index (χ4n) is 3.17. The lowest BCUT2D eigenvalue weighted by Gasteiger charge is -2.14. The fourth-order valence-corrected chi connectivity index (χ4v) is 3.17. The van der Waals surface area contributed by atoms with Gasteiger partial charge < -0.3 is 20.7 Å². The molecule has 3 N–H and O–H groups in total. The van der Waals surface area contributed by atoms with Crippen LogP contribution in [0.4, 0.5) is 0 Å². The summed E-state index contributed by atoms with van der Waals surface area (Å²) in [7, 11) is 1.78. The van der Waals surface area contributed by atoms with Crippen molar-refractivity contribution in [1.82, 2.24) is 16.0 Å². The number of benzene rings is 2. The maximum absolute atomic E-state index is 11.7. The predicted octanol–water partition coefficient (Wildman–Crippen LogP) is 3.49. The Kier molecular flexibility index (Phi) is 10.1. The summed E-state index contributed by atoms with van der Waals surface area (Å²) < 4.78 is 5.55. The summed E-state index contributed by atoms with van der Waals surface area (Å²) in [5.74, 6) is 1.45. The molecule has 2 aromatic carbocycles. The summed E-state index contributed by atoms with van der Waals surface area (Å²) in [4.78, 5) is 16.0. The van der Waals surface area contributed by atoms with E-state index < -0.39 is 0 Å². The molecule has 1 aliphatic rings. The van der Waals surface area contributed by atoms with Crippen LogP contribution in [0.5, 0.6) is 5.75 Å². The lowest BCUT2D eigenvalue weighted by molar-refractivity contribution is -0.123. The van der Waals surface area contributed by atoms with Gasteiger partial charge in [-0.2, -0.15) is 0 Å². The number of hydrogen-bond donors (Lipinski definition) is 3. The van der Waals surface area contributed by atoms with Crippen LogP contribution in [0.15, 0.2) is 47.5 Å². The molecule has 31 heavy (non-hydrogen) atoms. The van der Waals surface area contributed by atoms with Gasteiger partial charge in [-0.05, 0) is 61.9 Å². The second-order valence-corrected chi connectivity index (χ2v) is 7.81. The van der Waals surface area contributed by atoms with Gasteiger partial charge in [0.15, 0.2) is 12.6 Å². The van der Waals surface area contributed by atoms with E-state index >= 15 is 0 Å². The first-order chi connectivity index (χ1) is 14.5. The monoisotopic (exact) mass is 536 g/mol. The maximum atomic E-state index is 11.7. The second kappa shape index (κ2) is 12.5. The number of guanidine groups is 1. The summed E-state index contributed by atoms with van der Waals surface area (Å²) in [6.45, 7) is 5.82. The second-order valence-electron chi connectivity index (χ2n) is 7.81. The van der Waals surface area contributed by atoms with Crippen molar-refractivity contribution in [3.05, 3.63) is 64.7 Å². The molecule has 1 amide bonds. The number of rotatable bonds is 9. The molecular formula is C24H33IN4O2. The molecule has 0 heterocycles. The number of ether oxygens (including phenoxy) is 1. The molecule has 0 aromatic heterocycles. The van der Waals surface area contributed by atoms with Crippen molar-refractivity contribution < 1.29 is 9.53 Å². The summed E-state index contributed by atoms with van der Waals surface area (Å²) >= 11 is 0. The molecule has 0 unspecified atom stereocenters. The van der Waals surface area contributed by atoms with E-state index in [9.17, 15) is 4.79 Å². The maximum Gasteiger partial charge on any atom is 0.258 e. The van der Waals surface area contributed by atoms with E-state index in [-0.39, 0.29) is 36.5 Å². The van der Waals surface area contributed by atoms with Crippen molar-refractivity contribution in [2.75, 3.05) is 20.2 Å². The largest absolute Gasteiger partial charge is 0.484 e. The third-order valence-electron chi connectivity index (χ3n) is 5.11. The first-order valence-electron chi connectivity index (χ1n) is 10.6. The first kappa shape index (κ1) is 25.0. The van der Waals surface area contributed by atoms with Crippen molar-refractivity contribution >= 4 is 35.8 Å². The zero-order chi connectivity index (χ0) is 21.3. The molecule has 1 saturated carbocycles. The number of nitrogens with one attached hydrogen (secondary N) is 3. The van der Waals surface area contributed by atoms with Crippen LogP contribution in [0.25, 0.3) is 0 Å². The summed E-state index contributed by atoms with van der Waals surface area (Å²) in [5, 5.41) is 9.64. The van der Waals surface area contributed by atoms with Crippen molar-refractivity contribution in [2.45, 2.75) is 45.7 Å². The standard InChI is InChI=1S/C24H32N4O2.HI/c1-17-4-7-20(18(2)14-17)15-27-24(25-3)26-13-12-19-5-10-22(11-6-19)30-16-23(29)28-21-8-9-21;/h4-7,10-11,14,21H,8-9,12-13,15-16H2,1-3H3,(H,28,29)(H2,25,26,27);1H. The Morgan fingerprint density at radius 3 is 2.48 bits per heavy atom. The minimum absolute atomic E-state index is 0. The van der Waals surface area contributed by atoms with Crippen LogP contribution in [0, 0.1) is 13.8 Å². The zero-order valence-electron chi connectivity index (χ0n) is 18.5. The van der Waals surface area contributed by atoms with Crippen molar-refractivity contribution in [3.8, 4) is 5.75 Å². The summed E-state index contributed by atoms with van der Waals surface area (Å²) in [6, 6.07) is 14.7. The van der Waals surface area contributed by atoms with E-state index in [1.54, 1.807) is 7.05 Å². The van der Waals surface area contributed by atoms with E-state index in [2.05, 4.69) is 53.0 Å². The van der Waals surface area contributed by atoms with Crippen LogP contribution in [-0.4, -0.2) is 38.1 Å². The summed E-state index contributed by atoms with van der Waals surface area (Å²) in [5.41, 5.74) is 5.02. The Morgan fingerprint density at radius 1 is 1.10 bits per heavy atom. The predicted molar refractivity (Wildman–Crippen MR) is 136 cm³/mol. The number of carbonyl (C=O) groups is 1. The Hall–Kier alpha value is -2.29. The van der Waals surface area contributed by atoms with Crippen LogP contribution in [-0.2, 0) is 17.8 Å². The van der Waals surface area contributed by atoms with Crippen molar-refractivity contribution in [3.63, 3.8) is 0 Å². The van der Waals surface area contributed by atoms with Gasteiger partial charge >= 0.3 is 0 Å². The molecule has 1 fully saturated rings. The first-order valence-corrected chi connectivity index (χ1v) is 10.6. The molecule has 6 nitrogen and oxygen atoms in total. The highest BCUT2D eigenvalue weighted by Crippen LogP contribution is 2.18. The number of amides is 1. The molecule has 0 bridgehead atoms. The topological polar surface area (TPSA) is 74.8 Å². The Bertz CT molecular complexity index is 880. The molecule has 1 aliphatic carbocycles. The Labute approximate surface area is 202 Å². The highest BCUT2D eigenvalue weighted by atomic mass is 127. The van der Waals surface area contributed by atoms with Crippen LogP contribution >= 0.6 is 24.0 Å². The molecule has 0 radical (unpaired) electrons. The van der Waals surface area contributed by atoms with Gasteiger partial charge in [0.1, 0.15) is 5.75 Å². The number of aryl methyl sites for hydroxylation is 2. The SMILES string of the molecule is CN=C(NCCc1ccc(OCC(=O)NC2CC2)cc1)NCc1ccc(C)cc1C.I. The third-order valence-corrected chi connectivity index (χ3v) is 5.11. The molecule has 168 valence electrons. The minimum atomic E-state index is -0.0505. The van der Waals surface area contributed by atoms with Crippen LogP contribution in [0.3, 0.4) is 0 Å². The van der Waals surface area contributed by atoms with Gasteiger partial charge in [-0.3, -0.25) is 9.79 Å². The van der Waals surface area contributed by atoms with Crippen LogP contribution in [0.2, 0.25) is 0 Å². The van der Waals surface area contributed by atoms with Gasteiger partial charge in [0.05, 0.1) is 0 Å². The van der Waals surface area contributed by atoms with Gasteiger partial charge in [0, 0.05) is 26.2 Å². The average molecular weight is 536 g/mol. The molecule has 0 aliphatic heterocycles. The molecule has 0 spiro atoms. The van der Waals surface area contributed by atoms with E-state index in [4.69, 9.17) is 4.74 Å². The lowest BCUT2D eigenvalue weighted by Crippen LogP contribution is -2.38. The molecular weight excluding hydrogens is 503 g/mol. The highest BCUT2D eigenvalue weighted by molar-refractivity contribution is 14.0. The smallest absolute Gasteiger partial charge is 0.258 e.